The number of rotatable bonds is 5. The second-order valence-electron chi connectivity index (χ2n) is 3.63. The van der Waals surface area contributed by atoms with E-state index >= 15 is 0 Å². The van der Waals surface area contributed by atoms with Crippen molar-refractivity contribution in [1.82, 2.24) is 10.2 Å². The first-order chi connectivity index (χ1) is 8.27. The SMILES string of the molecule is CCN(CCC#N)C(=O)NCc1ccccc1. The molecule has 0 atom stereocenters. The van der Waals surface area contributed by atoms with E-state index in [9.17, 15) is 4.79 Å². The topological polar surface area (TPSA) is 56.1 Å². The van der Waals surface area contributed by atoms with Gasteiger partial charge in [0, 0.05) is 19.6 Å². The van der Waals surface area contributed by atoms with E-state index in [1.165, 1.54) is 0 Å². The summed E-state index contributed by atoms with van der Waals surface area (Å²) in [6.45, 7) is 3.51. The van der Waals surface area contributed by atoms with E-state index in [0.717, 1.165) is 5.56 Å². The van der Waals surface area contributed by atoms with Gasteiger partial charge in [0.1, 0.15) is 0 Å². The highest BCUT2D eigenvalue weighted by Gasteiger charge is 2.09. The predicted octanol–water partition coefficient (Wildman–Crippen LogP) is 2.13. The lowest BCUT2D eigenvalue weighted by molar-refractivity contribution is 0.201. The first-order valence-corrected chi connectivity index (χ1v) is 5.71. The minimum Gasteiger partial charge on any atom is -0.334 e. The molecule has 0 fully saturated rings. The largest absolute Gasteiger partial charge is 0.334 e. The van der Waals surface area contributed by atoms with Crippen molar-refractivity contribution in [1.29, 1.82) is 5.26 Å². The number of hydrogen-bond acceptors (Lipinski definition) is 2. The number of amides is 2. The summed E-state index contributed by atoms with van der Waals surface area (Å²) in [5.41, 5.74) is 1.07. The average Bonchev–Trinajstić information content (AvgIpc) is 2.38. The zero-order valence-electron chi connectivity index (χ0n) is 10.0. The Morgan fingerprint density at radius 3 is 2.71 bits per heavy atom. The Labute approximate surface area is 102 Å². The van der Waals surface area contributed by atoms with Crippen LogP contribution in [0.4, 0.5) is 4.79 Å². The summed E-state index contributed by atoms with van der Waals surface area (Å²) in [6.07, 6.45) is 0.368. The second-order valence-corrected chi connectivity index (χ2v) is 3.63. The van der Waals surface area contributed by atoms with E-state index in [1.54, 1.807) is 4.90 Å². The Bertz CT molecular complexity index is 383. The van der Waals surface area contributed by atoms with Gasteiger partial charge in [0.2, 0.25) is 0 Å². The first kappa shape index (κ1) is 13.0. The summed E-state index contributed by atoms with van der Waals surface area (Å²) in [5.74, 6) is 0. The van der Waals surface area contributed by atoms with Crippen LogP contribution in [0.5, 0.6) is 0 Å². The molecule has 1 rings (SSSR count). The molecule has 0 aliphatic rings. The summed E-state index contributed by atoms with van der Waals surface area (Å²) in [4.78, 5) is 13.4. The number of nitriles is 1. The summed E-state index contributed by atoms with van der Waals surface area (Å²) >= 11 is 0. The summed E-state index contributed by atoms with van der Waals surface area (Å²) < 4.78 is 0. The molecule has 0 saturated carbocycles. The van der Waals surface area contributed by atoms with Crippen LogP contribution in [0.15, 0.2) is 30.3 Å². The van der Waals surface area contributed by atoms with E-state index in [-0.39, 0.29) is 6.03 Å². The molecule has 0 aliphatic heterocycles. The van der Waals surface area contributed by atoms with E-state index in [1.807, 2.05) is 43.3 Å². The third kappa shape index (κ3) is 4.56. The molecule has 0 aromatic heterocycles. The van der Waals surface area contributed by atoms with Crippen molar-refractivity contribution in [3.05, 3.63) is 35.9 Å². The highest BCUT2D eigenvalue weighted by atomic mass is 16.2. The van der Waals surface area contributed by atoms with Crippen molar-refractivity contribution < 1.29 is 4.79 Å². The molecule has 1 N–H and O–H groups in total. The second kappa shape index (κ2) is 7.29. The molecule has 0 radical (unpaired) electrons. The summed E-state index contributed by atoms with van der Waals surface area (Å²) in [5, 5.41) is 11.3. The van der Waals surface area contributed by atoms with Gasteiger partial charge in [-0.1, -0.05) is 30.3 Å². The number of benzene rings is 1. The van der Waals surface area contributed by atoms with Crippen molar-refractivity contribution >= 4 is 6.03 Å². The maximum atomic E-state index is 11.8. The summed E-state index contributed by atoms with van der Waals surface area (Å²) in [6, 6.07) is 11.7. The van der Waals surface area contributed by atoms with Crippen molar-refractivity contribution in [2.45, 2.75) is 19.9 Å². The van der Waals surface area contributed by atoms with Gasteiger partial charge in [-0.3, -0.25) is 0 Å². The highest BCUT2D eigenvalue weighted by Crippen LogP contribution is 1.98. The van der Waals surface area contributed by atoms with Crippen LogP contribution < -0.4 is 5.32 Å². The molecule has 0 unspecified atom stereocenters. The van der Waals surface area contributed by atoms with Gasteiger partial charge in [-0.05, 0) is 12.5 Å². The van der Waals surface area contributed by atoms with Gasteiger partial charge in [0.25, 0.3) is 0 Å². The number of carbonyl (C=O) groups excluding carboxylic acids is 1. The van der Waals surface area contributed by atoms with Crippen molar-refractivity contribution in [2.75, 3.05) is 13.1 Å². The lowest BCUT2D eigenvalue weighted by Crippen LogP contribution is -2.39. The zero-order valence-corrected chi connectivity index (χ0v) is 10.0. The molecule has 17 heavy (non-hydrogen) atoms. The number of nitrogens with zero attached hydrogens (tertiary/aromatic N) is 2. The molecular formula is C13H17N3O. The molecule has 4 nitrogen and oxygen atoms in total. The number of hydrogen-bond donors (Lipinski definition) is 1. The lowest BCUT2D eigenvalue weighted by Gasteiger charge is -2.20. The smallest absolute Gasteiger partial charge is 0.317 e. The molecule has 2 amide bonds. The monoisotopic (exact) mass is 231 g/mol. The Balaban J connectivity index is 2.40. The maximum Gasteiger partial charge on any atom is 0.317 e. The molecule has 4 heteroatoms. The van der Waals surface area contributed by atoms with Crippen LogP contribution in [0.1, 0.15) is 18.9 Å². The van der Waals surface area contributed by atoms with Gasteiger partial charge in [0.15, 0.2) is 0 Å². The maximum absolute atomic E-state index is 11.8. The molecule has 1 aromatic rings. The lowest BCUT2D eigenvalue weighted by atomic mass is 10.2. The van der Waals surface area contributed by atoms with Crippen molar-refractivity contribution in [2.24, 2.45) is 0 Å². The van der Waals surface area contributed by atoms with E-state index in [0.29, 0.717) is 26.1 Å². The molecular weight excluding hydrogens is 214 g/mol. The average molecular weight is 231 g/mol. The van der Waals surface area contributed by atoms with Gasteiger partial charge >= 0.3 is 6.03 Å². The Hall–Kier alpha value is -2.02. The fourth-order valence-electron chi connectivity index (χ4n) is 1.47. The highest BCUT2D eigenvalue weighted by molar-refractivity contribution is 5.74. The fourth-order valence-corrected chi connectivity index (χ4v) is 1.47. The van der Waals surface area contributed by atoms with E-state index < -0.39 is 0 Å². The Morgan fingerprint density at radius 2 is 2.12 bits per heavy atom. The third-order valence-corrected chi connectivity index (χ3v) is 2.45. The van der Waals surface area contributed by atoms with Gasteiger partial charge in [-0.15, -0.1) is 0 Å². The van der Waals surface area contributed by atoms with Crippen LogP contribution in [0, 0.1) is 11.3 Å². The molecule has 90 valence electrons. The zero-order chi connectivity index (χ0) is 12.5. The van der Waals surface area contributed by atoms with Crippen LogP contribution >= 0.6 is 0 Å². The van der Waals surface area contributed by atoms with Crippen LogP contribution in [-0.4, -0.2) is 24.0 Å². The standard InChI is InChI=1S/C13H17N3O/c1-2-16(10-6-9-14)13(17)15-11-12-7-4-3-5-8-12/h3-5,7-8H,2,6,10-11H2,1H3,(H,15,17). The van der Waals surface area contributed by atoms with Crippen LogP contribution in [0.25, 0.3) is 0 Å². The van der Waals surface area contributed by atoms with Crippen LogP contribution in [0.3, 0.4) is 0 Å². The Morgan fingerprint density at radius 1 is 1.41 bits per heavy atom. The van der Waals surface area contributed by atoms with Crippen molar-refractivity contribution in [3.8, 4) is 6.07 Å². The van der Waals surface area contributed by atoms with E-state index in [4.69, 9.17) is 5.26 Å². The summed E-state index contributed by atoms with van der Waals surface area (Å²) in [7, 11) is 0. The third-order valence-electron chi connectivity index (χ3n) is 2.45. The predicted molar refractivity (Wildman–Crippen MR) is 66.2 cm³/mol. The van der Waals surface area contributed by atoms with Crippen LogP contribution in [0.2, 0.25) is 0 Å². The van der Waals surface area contributed by atoms with Gasteiger partial charge in [-0.25, -0.2) is 4.79 Å². The van der Waals surface area contributed by atoms with E-state index in [2.05, 4.69) is 5.32 Å². The normalized spacial score (nSPS) is 9.41. The quantitative estimate of drug-likeness (QED) is 0.844. The molecule has 1 aromatic carbocycles. The molecule has 0 bridgehead atoms. The first-order valence-electron chi connectivity index (χ1n) is 5.71. The van der Waals surface area contributed by atoms with Crippen LogP contribution in [-0.2, 0) is 6.54 Å². The minimum absolute atomic E-state index is 0.119. The van der Waals surface area contributed by atoms with Crippen molar-refractivity contribution in [3.63, 3.8) is 0 Å². The number of carbonyl (C=O) groups is 1. The Kier molecular flexibility index (Phi) is 5.59. The molecule has 0 aliphatic carbocycles. The number of urea groups is 1. The molecule has 0 spiro atoms. The van der Waals surface area contributed by atoms with Gasteiger partial charge in [-0.2, -0.15) is 5.26 Å². The van der Waals surface area contributed by atoms with Gasteiger partial charge in [0.05, 0.1) is 12.5 Å². The number of nitrogens with one attached hydrogen (secondary N) is 1. The fraction of sp³-hybridized carbons (Fsp3) is 0.385. The minimum atomic E-state index is -0.119. The van der Waals surface area contributed by atoms with Gasteiger partial charge < -0.3 is 10.2 Å². The molecule has 0 saturated heterocycles. The molecule has 0 heterocycles.